The standard InChI is InChI=1S/C22H23N5O2S/c1-15-5-4-6-18(13-15)20-25-26-22(27(20)11-12-29-3)30-16(2)21(28)24-19-9-7-17(14-23)8-10-19/h4-10,13,16H,11-12H2,1-3H3,(H,24,28)/t16-/m0/s1. The van der Waals surface area contributed by atoms with Crippen LogP contribution in [0.3, 0.4) is 0 Å². The van der Waals surface area contributed by atoms with E-state index in [0.717, 1.165) is 17.0 Å². The van der Waals surface area contributed by atoms with Crippen molar-refractivity contribution < 1.29 is 9.53 Å². The first-order chi connectivity index (χ1) is 14.5. The van der Waals surface area contributed by atoms with Gasteiger partial charge >= 0.3 is 0 Å². The lowest BCUT2D eigenvalue weighted by Gasteiger charge is -2.14. The number of rotatable bonds is 8. The first kappa shape index (κ1) is 21.6. The quantitative estimate of drug-likeness (QED) is 0.555. The summed E-state index contributed by atoms with van der Waals surface area (Å²) in [5.74, 6) is 0.598. The highest BCUT2D eigenvalue weighted by atomic mass is 32.2. The molecule has 0 saturated heterocycles. The molecule has 3 aromatic rings. The number of nitrogens with zero attached hydrogens (tertiary/aromatic N) is 4. The molecule has 0 aliphatic carbocycles. The minimum absolute atomic E-state index is 0.150. The van der Waals surface area contributed by atoms with Gasteiger partial charge in [-0.2, -0.15) is 5.26 Å². The number of hydrogen-bond acceptors (Lipinski definition) is 6. The highest BCUT2D eigenvalue weighted by Gasteiger charge is 2.21. The van der Waals surface area contributed by atoms with Crippen LogP contribution in [0, 0.1) is 18.3 Å². The summed E-state index contributed by atoms with van der Waals surface area (Å²) < 4.78 is 7.23. The van der Waals surface area contributed by atoms with E-state index in [9.17, 15) is 4.79 Å². The molecule has 0 radical (unpaired) electrons. The lowest BCUT2D eigenvalue weighted by Crippen LogP contribution is -2.23. The zero-order valence-electron chi connectivity index (χ0n) is 17.1. The first-order valence-electron chi connectivity index (χ1n) is 9.48. The van der Waals surface area contributed by atoms with Crippen molar-refractivity contribution in [1.82, 2.24) is 14.8 Å². The number of nitrogens with one attached hydrogen (secondary N) is 1. The Kier molecular flexibility index (Phi) is 7.22. The Hall–Kier alpha value is -3.15. The number of carbonyl (C=O) groups is 1. The Balaban J connectivity index is 1.77. The number of aryl methyl sites for hydroxylation is 1. The molecule has 0 saturated carbocycles. The predicted molar refractivity (Wildman–Crippen MR) is 117 cm³/mol. The fourth-order valence-corrected chi connectivity index (χ4v) is 3.72. The predicted octanol–water partition coefficient (Wildman–Crippen LogP) is 3.89. The molecule has 1 heterocycles. The van der Waals surface area contributed by atoms with Crippen LogP contribution in [0.1, 0.15) is 18.1 Å². The molecule has 0 aliphatic heterocycles. The summed E-state index contributed by atoms with van der Waals surface area (Å²) in [5.41, 5.74) is 3.30. The van der Waals surface area contributed by atoms with E-state index in [2.05, 4.69) is 27.6 Å². The van der Waals surface area contributed by atoms with E-state index in [1.54, 1.807) is 31.4 Å². The number of hydrogen-bond donors (Lipinski definition) is 1. The maximum absolute atomic E-state index is 12.6. The van der Waals surface area contributed by atoms with Crippen molar-refractivity contribution in [3.8, 4) is 17.5 Å². The van der Waals surface area contributed by atoms with Gasteiger partial charge in [-0.1, -0.05) is 35.5 Å². The number of amides is 1. The normalized spacial score (nSPS) is 11.7. The van der Waals surface area contributed by atoms with Crippen LogP contribution in [0.25, 0.3) is 11.4 Å². The van der Waals surface area contributed by atoms with Gasteiger partial charge in [-0.15, -0.1) is 10.2 Å². The van der Waals surface area contributed by atoms with Crippen LogP contribution in [0.15, 0.2) is 53.7 Å². The number of ether oxygens (including phenoxy) is 1. The number of methoxy groups -OCH3 is 1. The molecule has 0 spiro atoms. The summed E-state index contributed by atoms with van der Waals surface area (Å²) in [6.07, 6.45) is 0. The number of carbonyl (C=O) groups excluding carboxylic acids is 1. The second-order valence-electron chi connectivity index (χ2n) is 6.76. The van der Waals surface area contributed by atoms with Crippen LogP contribution in [0.4, 0.5) is 5.69 Å². The molecule has 2 aromatic carbocycles. The van der Waals surface area contributed by atoms with E-state index >= 15 is 0 Å². The van der Waals surface area contributed by atoms with Crippen LogP contribution >= 0.6 is 11.8 Å². The molecular weight excluding hydrogens is 398 g/mol. The minimum Gasteiger partial charge on any atom is -0.383 e. The summed E-state index contributed by atoms with van der Waals surface area (Å²) in [5, 5.41) is 20.7. The molecule has 154 valence electrons. The molecule has 1 atom stereocenters. The van der Waals surface area contributed by atoms with E-state index in [1.807, 2.05) is 36.6 Å². The molecule has 0 aliphatic rings. The van der Waals surface area contributed by atoms with Gasteiger partial charge in [0.25, 0.3) is 0 Å². The van der Waals surface area contributed by atoms with Crippen molar-refractivity contribution in [2.24, 2.45) is 0 Å². The maximum Gasteiger partial charge on any atom is 0.237 e. The number of thioether (sulfide) groups is 1. The van der Waals surface area contributed by atoms with Crippen LogP contribution in [0.5, 0.6) is 0 Å². The average molecular weight is 422 g/mol. The summed E-state index contributed by atoms with van der Waals surface area (Å²) >= 11 is 1.34. The van der Waals surface area contributed by atoms with Gasteiger partial charge in [-0.25, -0.2) is 0 Å². The third-order valence-corrected chi connectivity index (χ3v) is 5.53. The Morgan fingerprint density at radius 1 is 1.27 bits per heavy atom. The van der Waals surface area contributed by atoms with Gasteiger partial charge in [-0.3, -0.25) is 9.36 Å². The average Bonchev–Trinajstić information content (AvgIpc) is 3.15. The largest absolute Gasteiger partial charge is 0.383 e. The van der Waals surface area contributed by atoms with Gasteiger partial charge in [0.2, 0.25) is 5.91 Å². The Morgan fingerprint density at radius 2 is 2.03 bits per heavy atom. The van der Waals surface area contributed by atoms with Crippen molar-refractivity contribution >= 4 is 23.4 Å². The Bertz CT molecular complexity index is 1060. The summed E-state index contributed by atoms with van der Waals surface area (Å²) in [6.45, 7) is 4.95. The van der Waals surface area contributed by atoms with Crippen molar-refractivity contribution in [3.05, 3.63) is 59.7 Å². The molecule has 1 amide bonds. The van der Waals surface area contributed by atoms with Gasteiger partial charge in [-0.05, 0) is 44.2 Å². The van der Waals surface area contributed by atoms with Crippen LogP contribution < -0.4 is 5.32 Å². The van der Waals surface area contributed by atoms with Crippen molar-refractivity contribution in [2.45, 2.75) is 30.8 Å². The topological polar surface area (TPSA) is 92.8 Å². The Morgan fingerprint density at radius 3 is 2.70 bits per heavy atom. The molecule has 0 fully saturated rings. The van der Waals surface area contributed by atoms with Crippen molar-refractivity contribution in [3.63, 3.8) is 0 Å². The monoisotopic (exact) mass is 421 g/mol. The highest BCUT2D eigenvalue weighted by molar-refractivity contribution is 8.00. The molecule has 0 bridgehead atoms. The van der Waals surface area contributed by atoms with E-state index in [-0.39, 0.29) is 5.91 Å². The van der Waals surface area contributed by atoms with Crippen LogP contribution in [0.2, 0.25) is 0 Å². The molecule has 7 nitrogen and oxygen atoms in total. The second-order valence-corrected chi connectivity index (χ2v) is 8.07. The number of benzene rings is 2. The number of nitriles is 1. The molecule has 8 heteroatoms. The fraction of sp³-hybridized carbons (Fsp3) is 0.273. The van der Waals surface area contributed by atoms with Crippen molar-refractivity contribution in [1.29, 1.82) is 5.26 Å². The van der Waals surface area contributed by atoms with E-state index in [1.165, 1.54) is 11.8 Å². The van der Waals surface area contributed by atoms with Crippen LogP contribution in [-0.2, 0) is 16.1 Å². The molecule has 3 rings (SSSR count). The summed E-state index contributed by atoms with van der Waals surface area (Å²) in [6, 6.07) is 16.9. The molecule has 0 unspecified atom stereocenters. The minimum atomic E-state index is -0.392. The van der Waals surface area contributed by atoms with Gasteiger partial charge in [0, 0.05) is 18.4 Å². The van der Waals surface area contributed by atoms with Crippen molar-refractivity contribution in [2.75, 3.05) is 19.0 Å². The zero-order valence-corrected chi connectivity index (χ0v) is 17.9. The summed E-state index contributed by atoms with van der Waals surface area (Å²) in [4.78, 5) is 12.6. The number of aromatic nitrogens is 3. The van der Waals surface area contributed by atoms with E-state index < -0.39 is 5.25 Å². The van der Waals surface area contributed by atoms with Gasteiger partial charge in [0.1, 0.15) is 0 Å². The highest BCUT2D eigenvalue weighted by Crippen LogP contribution is 2.28. The zero-order chi connectivity index (χ0) is 21.5. The second kappa shape index (κ2) is 10.1. The van der Waals surface area contributed by atoms with Crippen LogP contribution in [-0.4, -0.2) is 39.6 Å². The Labute approximate surface area is 180 Å². The van der Waals surface area contributed by atoms with Gasteiger partial charge in [0.05, 0.1) is 30.0 Å². The SMILES string of the molecule is COCCn1c(S[C@@H](C)C(=O)Nc2ccc(C#N)cc2)nnc1-c1cccc(C)c1. The third kappa shape index (κ3) is 5.26. The molecule has 1 aromatic heterocycles. The smallest absolute Gasteiger partial charge is 0.237 e. The lowest BCUT2D eigenvalue weighted by molar-refractivity contribution is -0.115. The molecular formula is C22H23N5O2S. The van der Waals surface area contributed by atoms with Gasteiger partial charge < -0.3 is 10.1 Å². The van der Waals surface area contributed by atoms with E-state index in [4.69, 9.17) is 10.00 Å². The molecule has 1 N–H and O–H groups in total. The fourth-order valence-electron chi connectivity index (χ4n) is 2.84. The number of anilines is 1. The summed E-state index contributed by atoms with van der Waals surface area (Å²) in [7, 11) is 1.65. The first-order valence-corrected chi connectivity index (χ1v) is 10.4. The maximum atomic E-state index is 12.6. The lowest BCUT2D eigenvalue weighted by atomic mass is 10.1. The van der Waals surface area contributed by atoms with E-state index in [0.29, 0.717) is 29.6 Å². The van der Waals surface area contributed by atoms with Gasteiger partial charge in [0.15, 0.2) is 11.0 Å². The molecule has 30 heavy (non-hydrogen) atoms. The third-order valence-electron chi connectivity index (χ3n) is 4.45.